The molecule has 0 bridgehead atoms. The summed E-state index contributed by atoms with van der Waals surface area (Å²) in [5.74, 6) is -0.0610. The van der Waals surface area contributed by atoms with E-state index in [1.165, 1.54) is 0 Å². The summed E-state index contributed by atoms with van der Waals surface area (Å²) in [6, 6.07) is 4.81. The van der Waals surface area contributed by atoms with E-state index in [1.54, 1.807) is 12.1 Å². The monoisotopic (exact) mass is 235 g/mol. The molecule has 4 nitrogen and oxygen atoms in total. The number of phenols is 1. The van der Waals surface area contributed by atoms with E-state index in [2.05, 4.69) is 5.32 Å². The fourth-order valence-corrected chi connectivity index (χ4v) is 1.88. The zero-order chi connectivity index (χ0) is 12.6. The number of esters is 1. The average molecular weight is 235 g/mol. The van der Waals surface area contributed by atoms with Gasteiger partial charge < -0.3 is 15.2 Å². The molecule has 0 aromatic heterocycles. The van der Waals surface area contributed by atoms with Crippen LogP contribution < -0.4 is 5.32 Å². The lowest BCUT2D eigenvalue weighted by atomic mass is 10.1. The number of nitrogens with one attached hydrogen (secondary N) is 1. The number of fused-ring (bicyclic) bond motifs is 1. The Morgan fingerprint density at radius 3 is 2.76 bits per heavy atom. The van der Waals surface area contributed by atoms with E-state index < -0.39 is 11.6 Å². The Bertz CT molecular complexity index is 448. The average Bonchev–Trinajstić information content (AvgIpc) is 2.60. The number of aromatic hydroxyl groups is 1. The van der Waals surface area contributed by atoms with Crippen LogP contribution in [0.15, 0.2) is 18.2 Å². The highest BCUT2D eigenvalue weighted by Gasteiger charge is 2.31. The van der Waals surface area contributed by atoms with Gasteiger partial charge in [-0.1, -0.05) is 6.07 Å². The third-order valence-corrected chi connectivity index (χ3v) is 2.58. The van der Waals surface area contributed by atoms with Crippen LogP contribution in [-0.2, 0) is 16.0 Å². The minimum Gasteiger partial charge on any atom is -0.508 e. The molecule has 2 N–H and O–H groups in total. The highest BCUT2D eigenvalue weighted by atomic mass is 16.6. The molecule has 1 unspecified atom stereocenters. The number of hydrogen-bond acceptors (Lipinski definition) is 4. The number of carbonyl (C=O) groups excluding carboxylic acids is 1. The van der Waals surface area contributed by atoms with E-state index >= 15 is 0 Å². The fraction of sp³-hybridized carbons (Fsp3) is 0.462. The van der Waals surface area contributed by atoms with Gasteiger partial charge in [0.05, 0.1) is 0 Å². The Balaban J connectivity index is 2.10. The molecule has 1 aliphatic rings. The molecule has 92 valence electrons. The normalized spacial score (nSPS) is 18.4. The van der Waals surface area contributed by atoms with Gasteiger partial charge in [-0.2, -0.15) is 0 Å². The molecule has 0 saturated heterocycles. The van der Waals surface area contributed by atoms with Crippen LogP contribution in [0.5, 0.6) is 5.75 Å². The quantitative estimate of drug-likeness (QED) is 0.732. The molecule has 0 amide bonds. The van der Waals surface area contributed by atoms with Gasteiger partial charge in [0.25, 0.3) is 0 Å². The third-order valence-electron chi connectivity index (χ3n) is 2.58. The largest absolute Gasteiger partial charge is 0.508 e. The highest BCUT2D eigenvalue weighted by Crippen LogP contribution is 2.33. The smallest absolute Gasteiger partial charge is 0.329 e. The van der Waals surface area contributed by atoms with Crippen LogP contribution in [0.25, 0.3) is 0 Å². The van der Waals surface area contributed by atoms with Crippen LogP contribution in [0, 0.1) is 0 Å². The first kappa shape index (κ1) is 11.8. The summed E-state index contributed by atoms with van der Waals surface area (Å²) < 4.78 is 5.31. The molecule has 1 aliphatic heterocycles. The van der Waals surface area contributed by atoms with E-state index in [4.69, 9.17) is 4.74 Å². The Hall–Kier alpha value is -1.71. The van der Waals surface area contributed by atoms with Crippen molar-refractivity contribution < 1.29 is 14.6 Å². The number of benzene rings is 1. The molecule has 1 atom stereocenters. The van der Waals surface area contributed by atoms with Crippen molar-refractivity contribution in [3.05, 3.63) is 23.8 Å². The van der Waals surface area contributed by atoms with Crippen LogP contribution in [0.3, 0.4) is 0 Å². The molecule has 4 heteroatoms. The highest BCUT2D eigenvalue weighted by molar-refractivity contribution is 5.83. The zero-order valence-corrected chi connectivity index (χ0v) is 10.3. The van der Waals surface area contributed by atoms with Gasteiger partial charge in [-0.3, -0.25) is 0 Å². The summed E-state index contributed by atoms with van der Waals surface area (Å²) in [6.07, 6.45) is 0.469. The first-order valence-corrected chi connectivity index (χ1v) is 5.67. The van der Waals surface area contributed by atoms with Crippen molar-refractivity contribution in [1.29, 1.82) is 0 Å². The predicted molar refractivity (Wildman–Crippen MR) is 65.1 cm³/mol. The molecular formula is C13H17NO3. The van der Waals surface area contributed by atoms with Gasteiger partial charge in [-0.05, 0) is 32.9 Å². The van der Waals surface area contributed by atoms with Crippen LogP contribution >= 0.6 is 0 Å². The van der Waals surface area contributed by atoms with Crippen LogP contribution in [0.2, 0.25) is 0 Å². The summed E-state index contributed by atoms with van der Waals surface area (Å²) in [7, 11) is 0. The number of hydrogen-bond donors (Lipinski definition) is 2. The van der Waals surface area contributed by atoms with E-state index in [0.717, 1.165) is 11.3 Å². The molecule has 0 aliphatic carbocycles. The van der Waals surface area contributed by atoms with E-state index in [9.17, 15) is 9.90 Å². The van der Waals surface area contributed by atoms with Gasteiger partial charge >= 0.3 is 5.97 Å². The van der Waals surface area contributed by atoms with Crippen molar-refractivity contribution >= 4 is 11.7 Å². The lowest BCUT2D eigenvalue weighted by molar-refractivity contribution is -0.155. The van der Waals surface area contributed by atoms with Crippen LogP contribution in [0.4, 0.5) is 5.69 Å². The molecule has 1 heterocycles. The lowest BCUT2D eigenvalue weighted by Crippen LogP contribution is -2.35. The van der Waals surface area contributed by atoms with Gasteiger partial charge in [0, 0.05) is 17.7 Å². The van der Waals surface area contributed by atoms with E-state index in [-0.39, 0.29) is 11.7 Å². The van der Waals surface area contributed by atoms with Gasteiger partial charge in [0.15, 0.2) is 0 Å². The number of carbonyl (C=O) groups is 1. The second-order valence-electron chi connectivity index (χ2n) is 5.24. The molecule has 0 fully saturated rings. The maximum Gasteiger partial charge on any atom is 0.329 e. The number of phenolic OH excluding ortho intramolecular Hbond substituents is 1. The Kier molecular flexibility index (Phi) is 2.73. The Labute approximate surface area is 101 Å². The molecule has 0 radical (unpaired) electrons. The van der Waals surface area contributed by atoms with Crippen molar-refractivity contribution in [1.82, 2.24) is 0 Å². The zero-order valence-electron chi connectivity index (χ0n) is 10.3. The summed E-state index contributed by atoms with van der Waals surface area (Å²) >= 11 is 0. The van der Waals surface area contributed by atoms with Gasteiger partial charge in [0.2, 0.25) is 0 Å². The van der Waals surface area contributed by atoms with Crippen molar-refractivity contribution in [3.8, 4) is 5.75 Å². The molecule has 2 rings (SSSR count). The van der Waals surface area contributed by atoms with Crippen molar-refractivity contribution in [2.45, 2.75) is 38.8 Å². The Morgan fingerprint density at radius 1 is 1.47 bits per heavy atom. The first-order chi connectivity index (χ1) is 7.87. The van der Waals surface area contributed by atoms with Crippen molar-refractivity contribution in [2.75, 3.05) is 5.32 Å². The molecule has 0 spiro atoms. The van der Waals surface area contributed by atoms with Gasteiger partial charge in [0.1, 0.15) is 17.4 Å². The van der Waals surface area contributed by atoms with E-state index in [0.29, 0.717) is 6.42 Å². The SMILES string of the molecule is CC(C)(C)OC(=O)C1Cc2c(O)cccc2N1. The standard InChI is InChI=1S/C13H17NO3/c1-13(2,3)17-12(16)10-7-8-9(14-10)5-4-6-11(8)15/h4-6,10,14-15H,7H2,1-3H3. The van der Waals surface area contributed by atoms with E-state index in [1.807, 2.05) is 26.8 Å². The predicted octanol–water partition coefficient (Wildman–Crippen LogP) is 2.07. The second-order valence-corrected chi connectivity index (χ2v) is 5.24. The van der Waals surface area contributed by atoms with Crippen molar-refractivity contribution in [3.63, 3.8) is 0 Å². The molecule has 1 aromatic carbocycles. The fourth-order valence-electron chi connectivity index (χ4n) is 1.88. The maximum absolute atomic E-state index is 11.9. The van der Waals surface area contributed by atoms with Crippen LogP contribution in [0.1, 0.15) is 26.3 Å². The summed E-state index contributed by atoms with van der Waals surface area (Å²) in [5, 5.41) is 12.7. The second kappa shape index (κ2) is 3.95. The molecular weight excluding hydrogens is 218 g/mol. The summed E-state index contributed by atoms with van der Waals surface area (Å²) in [4.78, 5) is 11.9. The third kappa shape index (κ3) is 2.52. The number of ether oxygens (including phenoxy) is 1. The minimum atomic E-state index is -0.490. The van der Waals surface area contributed by atoms with Crippen LogP contribution in [-0.4, -0.2) is 22.7 Å². The lowest BCUT2D eigenvalue weighted by Gasteiger charge is -2.22. The van der Waals surface area contributed by atoms with Crippen molar-refractivity contribution in [2.24, 2.45) is 0 Å². The van der Waals surface area contributed by atoms with Gasteiger partial charge in [-0.25, -0.2) is 4.79 Å². The summed E-state index contributed by atoms with van der Waals surface area (Å²) in [6.45, 7) is 5.51. The topological polar surface area (TPSA) is 58.6 Å². The maximum atomic E-state index is 11.9. The molecule has 17 heavy (non-hydrogen) atoms. The molecule has 1 aromatic rings. The Morgan fingerprint density at radius 2 is 2.18 bits per heavy atom. The number of anilines is 1. The minimum absolute atomic E-state index is 0.223. The summed E-state index contributed by atoms with van der Waals surface area (Å²) in [5.41, 5.74) is 1.10. The first-order valence-electron chi connectivity index (χ1n) is 5.67. The number of rotatable bonds is 1. The molecule has 0 saturated carbocycles. The van der Waals surface area contributed by atoms with Gasteiger partial charge in [-0.15, -0.1) is 0 Å².